The molecule has 1 saturated carbocycles. The molecule has 0 spiro atoms. The van der Waals surface area contributed by atoms with Gasteiger partial charge in [-0.05, 0) is 12.8 Å². The number of rotatable bonds is 5. The summed E-state index contributed by atoms with van der Waals surface area (Å²) in [7, 11) is -3.11. The molecule has 6 heteroatoms. The molecule has 2 atom stereocenters. The molecule has 0 heterocycles. The Labute approximate surface area is 104 Å². The fourth-order valence-electron chi connectivity index (χ4n) is 2.20. The third-order valence-corrected chi connectivity index (χ3v) is 3.81. The van der Waals surface area contributed by atoms with Crippen LogP contribution in [-0.4, -0.2) is 33.8 Å². The standard InChI is InChI=1S/C11H21N3O2S/c1-17(15,16)14-8-7-13-11-6-4-2-3-5-10(11)9-12/h10-11,13-14H,2-8H2,1H3. The van der Waals surface area contributed by atoms with Crippen LogP contribution in [0.5, 0.6) is 0 Å². The van der Waals surface area contributed by atoms with E-state index in [0.29, 0.717) is 13.1 Å². The highest BCUT2D eigenvalue weighted by atomic mass is 32.2. The minimum atomic E-state index is -3.11. The van der Waals surface area contributed by atoms with E-state index in [1.165, 1.54) is 6.42 Å². The topological polar surface area (TPSA) is 82.0 Å². The van der Waals surface area contributed by atoms with Crippen LogP contribution in [0.15, 0.2) is 0 Å². The highest BCUT2D eigenvalue weighted by Gasteiger charge is 2.22. The Morgan fingerprint density at radius 2 is 1.94 bits per heavy atom. The molecular formula is C11H21N3O2S. The molecule has 0 aromatic rings. The molecule has 2 unspecified atom stereocenters. The molecule has 0 saturated heterocycles. The fourth-order valence-corrected chi connectivity index (χ4v) is 2.67. The quantitative estimate of drug-likeness (QED) is 0.559. The number of nitrogens with zero attached hydrogens (tertiary/aromatic N) is 1. The lowest BCUT2D eigenvalue weighted by atomic mass is 9.96. The molecule has 0 aromatic heterocycles. The first kappa shape index (κ1) is 14.4. The van der Waals surface area contributed by atoms with Crippen LogP contribution in [0.2, 0.25) is 0 Å². The van der Waals surface area contributed by atoms with Gasteiger partial charge in [0.05, 0.1) is 18.2 Å². The van der Waals surface area contributed by atoms with Gasteiger partial charge in [0.25, 0.3) is 0 Å². The Bertz CT molecular complexity index is 361. The maximum atomic E-state index is 10.9. The average molecular weight is 259 g/mol. The summed E-state index contributed by atoms with van der Waals surface area (Å²) in [6, 6.07) is 2.56. The number of hydrogen-bond acceptors (Lipinski definition) is 4. The second kappa shape index (κ2) is 6.94. The highest BCUT2D eigenvalue weighted by Crippen LogP contribution is 2.22. The average Bonchev–Trinajstić information content (AvgIpc) is 2.47. The lowest BCUT2D eigenvalue weighted by molar-refractivity contribution is 0.397. The van der Waals surface area contributed by atoms with Gasteiger partial charge in [0.2, 0.25) is 10.0 Å². The third kappa shape index (κ3) is 6.01. The molecule has 2 N–H and O–H groups in total. The van der Waals surface area contributed by atoms with Gasteiger partial charge in [-0.2, -0.15) is 5.26 Å². The van der Waals surface area contributed by atoms with Crippen LogP contribution in [0.25, 0.3) is 0 Å². The fraction of sp³-hybridized carbons (Fsp3) is 0.909. The first-order chi connectivity index (χ1) is 8.03. The smallest absolute Gasteiger partial charge is 0.208 e. The van der Waals surface area contributed by atoms with Gasteiger partial charge in [0.1, 0.15) is 0 Å². The van der Waals surface area contributed by atoms with Gasteiger partial charge in [-0.15, -0.1) is 0 Å². The van der Waals surface area contributed by atoms with E-state index in [0.717, 1.165) is 31.9 Å². The van der Waals surface area contributed by atoms with Gasteiger partial charge < -0.3 is 5.32 Å². The van der Waals surface area contributed by atoms with Crippen molar-refractivity contribution in [3.8, 4) is 6.07 Å². The van der Waals surface area contributed by atoms with Crippen molar-refractivity contribution in [1.82, 2.24) is 10.0 Å². The predicted octanol–water partition coefficient (Wildman–Crippen LogP) is 0.598. The number of nitriles is 1. The SMILES string of the molecule is CS(=O)(=O)NCCNC1CCCCCC1C#N. The van der Waals surface area contributed by atoms with Crippen LogP contribution in [0, 0.1) is 17.2 Å². The van der Waals surface area contributed by atoms with E-state index in [1.807, 2.05) is 0 Å². The van der Waals surface area contributed by atoms with Gasteiger partial charge >= 0.3 is 0 Å². The van der Waals surface area contributed by atoms with E-state index < -0.39 is 10.0 Å². The summed E-state index contributed by atoms with van der Waals surface area (Å²) in [6.45, 7) is 0.962. The molecule has 1 aliphatic carbocycles. The van der Waals surface area contributed by atoms with Gasteiger partial charge in [-0.3, -0.25) is 0 Å². The Balaban J connectivity index is 2.31. The largest absolute Gasteiger partial charge is 0.311 e. The van der Waals surface area contributed by atoms with Crippen molar-refractivity contribution in [3.63, 3.8) is 0 Å². The monoisotopic (exact) mass is 259 g/mol. The minimum absolute atomic E-state index is 0.0655. The molecule has 0 radical (unpaired) electrons. The summed E-state index contributed by atoms with van der Waals surface area (Å²) >= 11 is 0. The lowest BCUT2D eigenvalue weighted by Crippen LogP contribution is -2.40. The Morgan fingerprint density at radius 3 is 2.59 bits per heavy atom. The molecule has 5 nitrogen and oxygen atoms in total. The van der Waals surface area contributed by atoms with Crippen molar-refractivity contribution in [1.29, 1.82) is 5.26 Å². The van der Waals surface area contributed by atoms with E-state index in [9.17, 15) is 8.42 Å². The molecule has 0 aliphatic heterocycles. The molecule has 1 rings (SSSR count). The maximum absolute atomic E-state index is 10.9. The number of hydrogen-bond donors (Lipinski definition) is 2. The zero-order valence-electron chi connectivity index (χ0n) is 10.3. The molecular weight excluding hydrogens is 238 g/mol. The minimum Gasteiger partial charge on any atom is -0.311 e. The molecule has 1 aliphatic rings. The van der Waals surface area contributed by atoms with E-state index in [1.54, 1.807) is 0 Å². The van der Waals surface area contributed by atoms with Crippen molar-refractivity contribution in [2.75, 3.05) is 19.3 Å². The van der Waals surface area contributed by atoms with Crippen molar-refractivity contribution in [3.05, 3.63) is 0 Å². The summed E-state index contributed by atoms with van der Waals surface area (Å²) < 4.78 is 24.2. The second-order valence-electron chi connectivity index (χ2n) is 4.60. The molecule has 17 heavy (non-hydrogen) atoms. The van der Waals surface area contributed by atoms with Crippen LogP contribution in [0.3, 0.4) is 0 Å². The van der Waals surface area contributed by atoms with Gasteiger partial charge in [0.15, 0.2) is 0 Å². The summed E-state index contributed by atoms with van der Waals surface area (Å²) in [6.07, 6.45) is 6.58. The first-order valence-corrected chi connectivity index (χ1v) is 8.00. The Morgan fingerprint density at radius 1 is 1.24 bits per heavy atom. The summed E-state index contributed by atoms with van der Waals surface area (Å²) in [5.74, 6) is 0.0655. The first-order valence-electron chi connectivity index (χ1n) is 6.10. The predicted molar refractivity (Wildman–Crippen MR) is 66.8 cm³/mol. The molecule has 0 amide bonds. The normalized spacial score (nSPS) is 26.1. The zero-order chi connectivity index (χ0) is 12.7. The summed E-state index contributed by atoms with van der Waals surface area (Å²) in [4.78, 5) is 0. The van der Waals surface area contributed by atoms with E-state index >= 15 is 0 Å². The van der Waals surface area contributed by atoms with E-state index in [2.05, 4.69) is 16.1 Å². The van der Waals surface area contributed by atoms with Crippen LogP contribution >= 0.6 is 0 Å². The molecule has 0 aromatic carbocycles. The number of sulfonamides is 1. The molecule has 1 fully saturated rings. The van der Waals surface area contributed by atoms with Crippen molar-refractivity contribution in [2.45, 2.75) is 38.1 Å². The van der Waals surface area contributed by atoms with Crippen molar-refractivity contribution >= 4 is 10.0 Å². The second-order valence-corrected chi connectivity index (χ2v) is 6.43. The summed E-state index contributed by atoms with van der Waals surface area (Å²) in [5, 5.41) is 12.4. The van der Waals surface area contributed by atoms with Crippen LogP contribution in [0.1, 0.15) is 32.1 Å². The van der Waals surface area contributed by atoms with Gasteiger partial charge in [0, 0.05) is 19.1 Å². The Kier molecular flexibility index (Phi) is 5.89. The van der Waals surface area contributed by atoms with Gasteiger partial charge in [-0.25, -0.2) is 13.1 Å². The van der Waals surface area contributed by atoms with Crippen LogP contribution < -0.4 is 10.0 Å². The van der Waals surface area contributed by atoms with Crippen LogP contribution in [-0.2, 0) is 10.0 Å². The highest BCUT2D eigenvalue weighted by molar-refractivity contribution is 7.88. The molecule has 0 bridgehead atoms. The van der Waals surface area contributed by atoms with Crippen LogP contribution in [0.4, 0.5) is 0 Å². The Hall–Kier alpha value is -0.640. The number of nitrogens with one attached hydrogen (secondary N) is 2. The van der Waals surface area contributed by atoms with E-state index in [4.69, 9.17) is 5.26 Å². The third-order valence-electron chi connectivity index (χ3n) is 3.08. The van der Waals surface area contributed by atoms with Crippen molar-refractivity contribution in [2.24, 2.45) is 5.92 Å². The summed E-state index contributed by atoms with van der Waals surface area (Å²) in [5.41, 5.74) is 0. The molecule has 98 valence electrons. The van der Waals surface area contributed by atoms with E-state index in [-0.39, 0.29) is 12.0 Å². The maximum Gasteiger partial charge on any atom is 0.208 e. The lowest BCUT2D eigenvalue weighted by Gasteiger charge is -2.20. The zero-order valence-corrected chi connectivity index (χ0v) is 11.1. The van der Waals surface area contributed by atoms with Crippen molar-refractivity contribution < 1.29 is 8.42 Å². The van der Waals surface area contributed by atoms with Gasteiger partial charge in [-0.1, -0.05) is 19.3 Å².